The van der Waals surface area contributed by atoms with E-state index in [0.29, 0.717) is 5.69 Å². The topological polar surface area (TPSA) is 76.1 Å². The van der Waals surface area contributed by atoms with Crippen molar-refractivity contribution in [2.45, 2.75) is 11.8 Å². The summed E-state index contributed by atoms with van der Waals surface area (Å²) in [4.78, 5) is 16.1. The lowest BCUT2D eigenvalue weighted by atomic mass is 10.2. The minimum Gasteiger partial charge on any atom is -0.320 e. The maximum Gasteiger partial charge on any atom is 0.274 e. The Labute approximate surface area is 117 Å². The number of aromatic nitrogens is 1. The normalized spacial score (nSPS) is 11.1. The Hall–Kier alpha value is -2.21. The van der Waals surface area contributed by atoms with Crippen molar-refractivity contribution in [3.05, 3.63) is 53.9 Å². The van der Waals surface area contributed by atoms with Gasteiger partial charge in [-0.1, -0.05) is 12.1 Å². The number of hydrogen-bond acceptors (Lipinski definition) is 4. The van der Waals surface area contributed by atoms with Crippen molar-refractivity contribution >= 4 is 21.4 Å². The van der Waals surface area contributed by atoms with Gasteiger partial charge >= 0.3 is 0 Å². The van der Waals surface area contributed by atoms with Gasteiger partial charge in [0.15, 0.2) is 9.84 Å². The number of sulfone groups is 1. The largest absolute Gasteiger partial charge is 0.320 e. The highest BCUT2D eigenvalue weighted by Gasteiger charge is 2.12. The molecule has 2 aromatic rings. The smallest absolute Gasteiger partial charge is 0.274 e. The number of amides is 1. The lowest BCUT2D eigenvalue weighted by Crippen LogP contribution is -2.14. The SMILES string of the molecule is Cc1ccc(S(C)(=O)=O)cc1NC(=O)c1ccccn1. The Morgan fingerprint density at radius 1 is 1.20 bits per heavy atom. The van der Waals surface area contributed by atoms with Crippen LogP contribution in [0, 0.1) is 6.92 Å². The van der Waals surface area contributed by atoms with Crippen molar-refractivity contribution in [2.75, 3.05) is 11.6 Å². The van der Waals surface area contributed by atoms with Gasteiger partial charge < -0.3 is 5.32 Å². The molecule has 0 saturated carbocycles. The number of pyridine rings is 1. The zero-order valence-electron chi connectivity index (χ0n) is 11.1. The van der Waals surface area contributed by atoms with Crippen molar-refractivity contribution in [1.29, 1.82) is 0 Å². The van der Waals surface area contributed by atoms with Crippen LogP contribution in [0.25, 0.3) is 0 Å². The second-order valence-electron chi connectivity index (χ2n) is 4.42. The summed E-state index contributed by atoms with van der Waals surface area (Å²) >= 11 is 0. The molecule has 5 nitrogen and oxygen atoms in total. The number of anilines is 1. The zero-order valence-corrected chi connectivity index (χ0v) is 11.9. The summed E-state index contributed by atoms with van der Waals surface area (Å²) in [6.45, 7) is 1.79. The zero-order chi connectivity index (χ0) is 14.8. The molecule has 0 saturated heterocycles. The summed E-state index contributed by atoms with van der Waals surface area (Å²) in [6.07, 6.45) is 2.65. The molecular weight excluding hydrogens is 276 g/mol. The maximum atomic E-state index is 12.0. The third-order valence-electron chi connectivity index (χ3n) is 2.78. The molecule has 1 amide bonds. The fourth-order valence-corrected chi connectivity index (χ4v) is 2.30. The number of aryl methyl sites for hydroxylation is 1. The van der Waals surface area contributed by atoms with Crippen LogP contribution in [0.15, 0.2) is 47.5 Å². The summed E-state index contributed by atoms with van der Waals surface area (Å²) in [5.41, 5.74) is 1.52. The number of carbonyl (C=O) groups is 1. The molecular formula is C14H14N2O3S. The van der Waals surface area contributed by atoms with Crippen LogP contribution in [0.5, 0.6) is 0 Å². The second kappa shape index (κ2) is 5.42. The molecule has 104 valence electrons. The number of benzene rings is 1. The average Bonchev–Trinajstić information content (AvgIpc) is 2.41. The predicted molar refractivity (Wildman–Crippen MR) is 76.5 cm³/mol. The van der Waals surface area contributed by atoms with E-state index in [1.807, 2.05) is 0 Å². The Bertz CT molecular complexity index is 740. The van der Waals surface area contributed by atoms with Crippen LogP contribution in [0.4, 0.5) is 5.69 Å². The summed E-state index contributed by atoms with van der Waals surface area (Å²) in [7, 11) is -3.31. The number of carbonyl (C=O) groups excluding carboxylic acids is 1. The summed E-state index contributed by atoms with van der Waals surface area (Å²) in [5.74, 6) is -0.376. The third-order valence-corrected chi connectivity index (χ3v) is 3.89. The summed E-state index contributed by atoms with van der Waals surface area (Å²) in [5, 5.41) is 2.67. The fourth-order valence-electron chi connectivity index (χ4n) is 1.65. The van der Waals surface area contributed by atoms with Crippen LogP contribution in [-0.2, 0) is 9.84 Å². The van der Waals surface area contributed by atoms with Crippen molar-refractivity contribution in [1.82, 2.24) is 4.98 Å². The van der Waals surface area contributed by atoms with E-state index in [-0.39, 0.29) is 16.5 Å². The average molecular weight is 290 g/mol. The van der Waals surface area contributed by atoms with E-state index < -0.39 is 9.84 Å². The molecule has 2 rings (SSSR count). The van der Waals surface area contributed by atoms with Crippen LogP contribution in [-0.4, -0.2) is 25.6 Å². The molecule has 1 aromatic heterocycles. The first-order valence-electron chi connectivity index (χ1n) is 5.91. The fraction of sp³-hybridized carbons (Fsp3) is 0.143. The number of nitrogens with zero attached hydrogens (tertiary/aromatic N) is 1. The highest BCUT2D eigenvalue weighted by Crippen LogP contribution is 2.20. The molecule has 0 radical (unpaired) electrons. The van der Waals surface area contributed by atoms with Gasteiger partial charge in [-0.2, -0.15) is 0 Å². The van der Waals surface area contributed by atoms with Crippen molar-refractivity contribution < 1.29 is 13.2 Å². The van der Waals surface area contributed by atoms with Gasteiger partial charge in [-0.25, -0.2) is 8.42 Å². The first-order chi connectivity index (χ1) is 9.38. The molecule has 0 aliphatic heterocycles. The maximum absolute atomic E-state index is 12.0. The van der Waals surface area contributed by atoms with Crippen molar-refractivity contribution in [3.8, 4) is 0 Å². The monoisotopic (exact) mass is 290 g/mol. The van der Waals surface area contributed by atoms with Crippen LogP contribution in [0.2, 0.25) is 0 Å². The molecule has 20 heavy (non-hydrogen) atoms. The molecule has 0 fully saturated rings. The van der Waals surface area contributed by atoms with E-state index in [1.165, 1.54) is 18.3 Å². The molecule has 6 heteroatoms. The van der Waals surface area contributed by atoms with Gasteiger partial charge in [0.25, 0.3) is 5.91 Å². The lowest BCUT2D eigenvalue weighted by molar-refractivity contribution is 0.102. The Morgan fingerprint density at radius 2 is 1.95 bits per heavy atom. The highest BCUT2D eigenvalue weighted by molar-refractivity contribution is 7.90. The number of rotatable bonds is 3. The molecule has 1 aromatic carbocycles. The number of hydrogen-bond donors (Lipinski definition) is 1. The quantitative estimate of drug-likeness (QED) is 0.938. The standard InChI is InChI=1S/C14H14N2O3S/c1-10-6-7-11(20(2,18)19)9-13(10)16-14(17)12-5-3-4-8-15-12/h3-9H,1-2H3,(H,16,17). The minimum atomic E-state index is -3.31. The molecule has 0 aliphatic carbocycles. The Morgan fingerprint density at radius 3 is 2.55 bits per heavy atom. The Balaban J connectivity index is 2.32. The number of nitrogens with one attached hydrogen (secondary N) is 1. The van der Waals surface area contributed by atoms with E-state index in [1.54, 1.807) is 31.2 Å². The van der Waals surface area contributed by atoms with E-state index in [4.69, 9.17) is 0 Å². The van der Waals surface area contributed by atoms with Crippen LogP contribution >= 0.6 is 0 Å². The van der Waals surface area contributed by atoms with Crippen LogP contribution in [0.3, 0.4) is 0 Å². The first-order valence-corrected chi connectivity index (χ1v) is 7.80. The van der Waals surface area contributed by atoms with Gasteiger partial charge in [-0.3, -0.25) is 9.78 Å². The van der Waals surface area contributed by atoms with Gasteiger partial charge in [0.05, 0.1) is 4.90 Å². The lowest BCUT2D eigenvalue weighted by Gasteiger charge is -2.09. The third kappa shape index (κ3) is 3.21. The van der Waals surface area contributed by atoms with Crippen LogP contribution in [0.1, 0.15) is 16.1 Å². The second-order valence-corrected chi connectivity index (χ2v) is 6.43. The molecule has 0 atom stereocenters. The predicted octanol–water partition coefficient (Wildman–Crippen LogP) is 2.05. The van der Waals surface area contributed by atoms with E-state index in [9.17, 15) is 13.2 Å². The van der Waals surface area contributed by atoms with Crippen LogP contribution < -0.4 is 5.32 Å². The van der Waals surface area contributed by atoms with Gasteiger partial charge in [0.1, 0.15) is 5.69 Å². The van der Waals surface area contributed by atoms with Crippen molar-refractivity contribution in [3.63, 3.8) is 0 Å². The van der Waals surface area contributed by atoms with Gasteiger partial charge in [-0.05, 0) is 36.8 Å². The van der Waals surface area contributed by atoms with Crippen molar-refractivity contribution in [2.24, 2.45) is 0 Å². The molecule has 1 heterocycles. The summed E-state index contributed by atoms with van der Waals surface area (Å²) in [6, 6.07) is 9.64. The molecule has 0 aliphatic rings. The van der Waals surface area contributed by atoms with E-state index in [0.717, 1.165) is 11.8 Å². The first kappa shape index (κ1) is 14.2. The van der Waals surface area contributed by atoms with Gasteiger partial charge in [-0.15, -0.1) is 0 Å². The Kier molecular flexibility index (Phi) is 3.85. The van der Waals surface area contributed by atoms with E-state index in [2.05, 4.69) is 10.3 Å². The van der Waals surface area contributed by atoms with Gasteiger partial charge in [0, 0.05) is 18.1 Å². The van der Waals surface area contributed by atoms with Gasteiger partial charge in [0.2, 0.25) is 0 Å². The van der Waals surface area contributed by atoms with E-state index >= 15 is 0 Å². The summed E-state index contributed by atoms with van der Waals surface area (Å²) < 4.78 is 23.1. The molecule has 0 bridgehead atoms. The highest BCUT2D eigenvalue weighted by atomic mass is 32.2. The molecule has 0 spiro atoms. The molecule has 1 N–H and O–H groups in total. The minimum absolute atomic E-state index is 0.166. The molecule has 0 unspecified atom stereocenters.